The number of benzene rings is 1. The molecule has 2 bridgehead atoms. The molecule has 1 aliphatic heterocycles. The van der Waals surface area contributed by atoms with Gasteiger partial charge in [0.05, 0.1) is 23.0 Å². The summed E-state index contributed by atoms with van der Waals surface area (Å²) in [6.45, 7) is 0. The van der Waals surface area contributed by atoms with Crippen LogP contribution in [0.3, 0.4) is 0 Å². The topological polar surface area (TPSA) is 113 Å². The number of amides is 2. The fraction of sp³-hybridized carbons (Fsp3) is 0.389. The zero-order chi connectivity index (χ0) is 19.1. The molecule has 4 aliphatic rings. The van der Waals surface area contributed by atoms with Crippen molar-refractivity contribution in [3.8, 4) is 5.75 Å². The third-order valence-corrected chi connectivity index (χ3v) is 6.88. The number of nitro groups is 1. The lowest BCUT2D eigenvalue weighted by molar-refractivity contribution is -0.385. The van der Waals surface area contributed by atoms with Gasteiger partial charge in [0.2, 0.25) is 5.75 Å². The summed E-state index contributed by atoms with van der Waals surface area (Å²) in [5.74, 6) is -1.74. The van der Waals surface area contributed by atoms with Crippen LogP contribution >= 0.6 is 15.9 Å². The maximum Gasteiger partial charge on any atom is 0.312 e. The monoisotopic (exact) mass is 431 g/mol. The molecule has 1 aromatic carbocycles. The number of aromatic hydroxyl groups is 1. The second-order valence-corrected chi connectivity index (χ2v) is 8.49. The summed E-state index contributed by atoms with van der Waals surface area (Å²) in [6.07, 6.45) is 7.37. The Labute approximate surface area is 161 Å². The molecule has 5 rings (SSSR count). The fourth-order valence-corrected chi connectivity index (χ4v) is 5.60. The lowest BCUT2D eigenvalue weighted by atomic mass is 9.85. The molecule has 3 fully saturated rings. The number of nitro benzene ring substituents is 1. The average molecular weight is 432 g/mol. The van der Waals surface area contributed by atoms with Gasteiger partial charge in [0.1, 0.15) is 0 Å². The van der Waals surface area contributed by atoms with Crippen molar-refractivity contribution in [2.45, 2.75) is 12.8 Å². The number of phenolic OH excluding ortho intramolecular Hbond substituents is 1. The molecule has 0 aromatic heterocycles. The molecule has 1 spiro atoms. The molecule has 3 aliphatic carbocycles. The van der Waals surface area contributed by atoms with E-state index in [0.29, 0.717) is 4.47 Å². The summed E-state index contributed by atoms with van der Waals surface area (Å²) in [7, 11) is 0. The molecule has 27 heavy (non-hydrogen) atoms. The third-order valence-electron chi connectivity index (χ3n) is 6.42. The number of nitrogens with zero attached hydrogens (tertiary/aromatic N) is 3. The molecule has 1 heterocycles. The van der Waals surface area contributed by atoms with Crippen molar-refractivity contribution in [3.05, 3.63) is 44.4 Å². The number of carbonyl (C=O) groups is 2. The lowest BCUT2D eigenvalue weighted by Gasteiger charge is -2.18. The van der Waals surface area contributed by atoms with Gasteiger partial charge in [0.15, 0.2) is 0 Å². The molecule has 8 nitrogen and oxygen atoms in total. The minimum atomic E-state index is -0.716. The SMILES string of the molecule is O=C1[C@@H]2[C@H](C(=O)N1/N=C\c1cc(Br)cc([N+](=O)[O-])c1O)[C@@H]1C=C[C@@H]2C12CC2. The third kappa shape index (κ3) is 2.06. The highest BCUT2D eigenvalue weighted by molar-refractivity contribution is 9.10. The zero-order valence-electron chi connectivity index (χ0n) is 13.9. The van der Waals surface area contributed by atoms with Gasteiger partial charge in [-0.15, -0.1) is 0 Å². The molecule has 9 heteroatoms. The molecule has 1 saturated heterocycles. The summed E-state index contributed by atoms with van der Waals surface area (Å²) >= 11 is 3.14. The molecular formula is C18H14BrN3O5. The highest BCUT2D eigenvalue weighted by Gasteiger charge is 2.73. The predicted molar refractivity (Wildman–Crippen MR) is 96.7 cm³/mol. The van der Waals surface area contributed by atoms with Gasteiger partial charge < -0.3 is 5.11 Å². The van der Waals surface area contributed by atoms with Crippen molar-refractivity contribution in [2.24, 2.45) is 34.2 Å². The Hall–Kier alpha value is -2.55. The number of halogens is 1. The Morgan fingerprint density at radius 3 is 2.33 bits per heavy atom. The van der Waals surface area contributed by atoms with Gasteiger partial charge in [-0.25, -0.2) is 0 Å². The number of phenols is 1. The Morgan fingerprint density at radius 1 is 1.22 bits per heavy atom. The Kier molecular flexibility index (Phi) is 3.23. The van der Waals surface area contributed by atoms with Crippen LogP contribution < -0.4 is 0 Å². The maximum atomic E-state index is 12.8. The van der Waals surface area contributed by atoms with Gasteiger partial charge in [0.25, 0.3) is 11.8 Å². The number of hydrogen-bond acceptors (Lipinski definition) is 6. The first kappa shape index (κ1) is 16.6. The second kappa shape index (κ2) is 5.25. The van der Waals surface area contributed by atoms with Gasteiger partial charge in [-0.2, -0.15) is 10.1 Å². The normalized spacial score (nSPS) is 32.1. The number of rotatable bonds is 3. The zero-order valence-corrected chi connectivity index (χ0v) is 15.5. The Balaban J connectivity index is 1.46. The van der Waals surface area contributed by atoms with E-state index in [-0.39, 0.29) is 46.5 Å². The van der Waals surface area contributed by atoms with Crippen LogP contribution in [0.5, 0.6) is 5.75 Å². The number of hydrazone groups is 1. The summed E-state index contributed by atoms with van der Waals surface area (Å²) in [5, 5.41) is 25.9. The molecule has 2 saturated carbocycles. The van der Waals surface area contributed by atoms with Crippen LogP contribution in [0, 0.1) is 39.2 Å². The van der Waals surface area contributed by atoms with E-state index in [1.165, 1.54) is 12.1 Å². The van der Waals surface area contributed by atoms with Crippen LogP contribution in [-0.2, 0) is 9.59 Å². The van der Waals surface area contributed by atoms with E-state index in [0.717, 1.165) is 24.1 Å². The van der Waals surface area contributed by atoms with Gasteiger partial charge in [-0.1, -0.05) is 28.1 Å². The van der Waals surface area contributed by atoms with E-state index < -0.39 is 16.4 Å². The molecular weight excluding hydrogens is 418 g/mol. The molecule has 1 aromatic rings. The van der Waals surface area contributed by atoms with E-state index in [1.54, 1.807) is 0 Å². The van der Waals surface area contributed by atoms with Crippen LogP contribution in [0.4, 0.5) is 5.69 Å². The number of carbonyl (C=O) groups excluding carboxylic acids is 2. The number of imide groups is 1. The predicted octanol–water partition coefficient (Wildman–Crippen LogP) is 2.59. The van der Waals surface area contributed by atoms with Crippen molar-refractivity contribution in [2.75, 3.05) is 0 Å². The van der Waals surface area contributed by atoms with E-state index in [4.69, 9.17) is 0 Å². The maximum absolute atomic E-state index is 12.8. The van der Waals surface area contributed by atoms with Crippen LogP contribution in [0.25, 0.3) is 0 Å². The van der Waals surface area contributed by atoms with Crippen LogP contribution in [0.15, 0.2) is 33.9 Å². The first-order chi connectivity index (χ1) is 12.8. The highest BCUT2D eigenvalue weighted by atomic mass is 79.9. The molecule has 1 N–H and O–H groups in total. The van der Waals surface area contributed by atoms with E-state index in [1.807, 2.05) is 0 Å². The standard InChI is InChI=1S/C18H14BrN3O5/c19-9-5-8(15(23)12(6-9)22(26)27)7-20-21-16(24)13-10-1-2-11(14(13)17(21)25)18(10)3-4-18/h1-2,5-7,10-11,13-14,23H,3-4H2/b20-7-/t10-,11-,13-,14+/m0/s1. The lowest BCUT2D eigenvalue weighted by Crippen LogP contribution is -2.30. The van der Waals surface area contributed by atoms with Gasteiger partial charge >= 0.3 is 5.69 Å². The van der Waals surface area contributed by atoms with Crippen molar-refractivity contribution >= 4 is 39.6 Å². The van der Waals surface area contributed by atoms with Crippen molar-refractivity contribution < 1.29 is 19.6 Å². The summed E-state index contributed by atoms with van der Waals surface area (Å²) < 4.78 is 0.377. The summed E-state index contributed by atoms with van der Waals surface area (Å²) in [6, 6.07) is 2.60. The Morgan fingerprint density at radius 2 is 1.81 bits per heavy atom. The number of hydrogen-bond donors (Lipinski definition) is 1. The van der Waals surface area contributed by atoms with Gasteiger partial charge in [-0.3, -0.25) is 19.7 Å². The second-order valence-electron chi connectivity index (χ2n) is 7.57. The van der Waals surface area contributed by atoms with Gasteiger partial charge in [-0.05, 0) is 36.2 Å². The molecule has 2 amide bonds. The average Bonchev–Trinajstić information content (AvgIpc) is 3.22. The summed E-state index contributed by atoms with van der Waals surface area (Å²) in [5.41, 5.74) is -0.326. The van der Waals surface area contributed by atoms with E-state index in [9.17, 15) is 24.8 Å². The van der Waals surface area contributed by atoms with Crippen LogP contribution in [0.1, 0.15) is 18.4 Å². The van der Waals surface area contributed by atoms with Crippen molar-refractivity contribution in [1.82, 2.24) is 5.01 Å². The molecule has 138 valence electrons. The highest BCUT2D eigenvalue weighted by Crippen LogP contribution is 2.73. The molecule has 0 unspecified atom stereocenters. The van der Waals surface area contributed by atoms with E-state index in [2.05, 4.69) is 33.2 Å². The number of allylic oxidation sites excluding steroid dienone is 2. The Bertz CT molecular complexity index is 949. The first-order valence-electron chi connectivity index (χ1n) is 8.62. The van der Waals surface area contributed by atoms with Crippen LogP contribution in [-0.4, -0.2) is 33.1 Å². The smallest absolute Gasteiger partial charge is 0.312 e. The fourth-order valence-electron chi connectivity index (χ4n) is 5.14. The van der Waals surface area contributed by atoms with E-state index >= 15 is 0 Å². The summed E-state index contributed by atoms with van der Waals surface area (Å²) in [4.78, 5) is 36.0. The van der Waals surface area contributed by atoms with Crippen LogP contribution in [0.2, 0.25) is 0 Å². The number of fused-ring (bicyclic) bond motifs is 3. The minimum Gasteiger partial charge on any atom is -0.502 e. The quantitative estimate of drug-likeness (QED) is 0.259. The molecule has 0 radical (unpaired) electrons. The largest absolute Gasteiger partial charge is 0.502 e. The van der Waals surface area contributed by atoms with Crippen molar-refractivity contribution in [1.29, 1.82) is 0 Å². The first-order valence-corrected chi connectivity index (χ1v) is 9.41. The van der Waals surface area contributed by atoms with Gasteiger partial charge in [0, 0.05) is 16.1 Å². The van der Waals surface area contributed by atoms with Crippen molar-refractivity contribution in [3.63, 3.8) is 0 Å². The minimum absolute atomic E-state index is 0.0495. The molecule has 4 atom stereocenters.